The number of anilines is 2. The molecule has 116 valence electrons. The largest absolute Gasteiger partial charge is 0.375 e. The maximum Gasteiger partial charge on any atom is 0.255 e. The van der Waals surface area contributed by atoms with E-state index < -0.39 is 23.4 Å². The number of nitrogens with one attached hydrogen (secondary N) is 1. The van der Waals surface area contributed by atoms with Crippen molar-refractivity contribution in [2.24, 2.45) is 0 Å². The highest BCUT2D eigenvalue weighted by Crippen LogP contribution is 2.22. The summed E-state index contributed by atoms with van der Waals surface area (Å²) in [6.45, 7) is 0. The van der Waals surface area contributed by atoms with E-state index in [9.17, 15) is 18.0 Å². The molecule has 1 amide bonds. The molecule has 0 bridgehead atoms. The normalized spacial score (nSPS) is 10.5. The quantitative estimate of drug-likeness (QED) is 0.601. The minimum absolute atomic E-state index is 0.0301. The highest BCUT2D eigenvalue weighted by molar-refractivity contribution is 14.1. The first-order valence-corrected chi connectivity index (χ1v) is 7.30. The number of halogens is 4. The highest BCUT2D eigenvalue weighted by atomic mass is 127. The summed E-state index contributed by atoms with van der Waals surface area (Å²) < 4.78 is 40.6. The standard InChI is InChI=1S/C15H12F3IN2O/c1-21(2)13-4-3-8(5-10(13)16)15(22)20-9-6-11(17)14(19)12(18)7-9/h3-7H,1-2H3,(H,20,22). The molecule has 0 aromatic heterocycles. The van der Waals surface area contributed by atoms with E-state index in [1.165, 1.54) is 34.7 Å². The Morgan fingerprint density at radius 3 is 2.14 bits per heavy atom. The van der Waals surface area contributed by atoms with E-state index in [4.69, 9.17) is 0 Å². The third kappa shape index (κ3) is 3.52. The minimum Gasteiger partial charge on any atom is -0.375 e. The van der Waals surface area contributed by atoms with E-state index in [1.54, 1.807) is 19.0 Å². The van der Waals surface area contributed by atoms with E-state index >= 15 is 0 Å². The lowest BCUT2D eigenvalue weighted by Gasteiger charge is -2.14. The molecule has 0 heterocycles. The Kier molecular flexibility index (Phi) is 4.94. The second-order valence-corrected chi connectivity index (χ2v) is 5.85. The predicted octanol–water partition coefficient (Wildman–Crippen LogP) is 4.03. The molecule has 0 saturated carbocycles. The van der Waals surface area contributed by atoms with Crippen molar-refractivity contribution in [3.63, 3.8) is 0 Å². The SMILES string of the molecule is CN(C)c1ccc(C(=O)Nc2cc(F)c(I)c(F)c2)cc1F. The number of hydrogen-bond donors (Lipinski definition) is 1. The molecule has 0 radical (unpaired) electrons. The van der Waals surface area contributed by atoms with Gasteiger partial charge in [0.1, 0.15) is 17.5 Å². The van der Waals surface area contributed by atoms with Crippen molar-refractivity contribution in [1.82, 2.24) is 0 Å². The molecule has 0 aliphatic rings. The Bertz CT molecular complexity index is 712. The Labute approximate surface area is 139 Å². The zero-order valence-corrected chi connectivity index (χ0v) is 13.9. The van der Waals surface area contributed by atoms with Crippen LogP contribution in [0, 0.1) is 21.0 Å². The maximum absolute atomic E-state index is 13.8. The summed E-state index contributed by atoms with van der Waals surface area (Å²) in [7, 11) is 3.35. The minimum atomic E-state index is -0.773. The van der Waals surface area contributed by atoms with Gasteiger partial charge in [-0.1, -0.05) is 0 Å². The summed E-state index contributed by atoms with van der Waals surface area (Å²) in [5, 5.41) is 2.34. The third-order valence-electron chi connectivity index (χ3n) is 2.93. The van der Waals surface area contributed by atoms with Gasteiger partial charge in [-0.15, -0.1) is 0 Å². The summed E-state index contributed by atoms with van der Waals surface area (Å²) in [6, 6.07) is 5.98. The van der Waals surface area contributed by atoms with Crippen LogP contribution in [0.15, 0.2) is 30.3 Å². The molecule has 0 saturated heterocycles. The van der Waals surface area contributed by atoms with Gasteiger partial charge in [0, 0.05) is 25.3 Å². The number of hydrogen-bond acceptors (Lipinski definition) is 2. The van der Waals surface area contributed by atoms with Crippen LogP contribution in [0.1, 0.15) is 10.4 Å². The average molecular weight is 420 g/mol. The van der Waals surface area contributed by atoms with Crippen molar-refractivity contribution in [1.29, 1.82) is 0 Å². The fourth-order valence-corrected chi connectivity index (χ4v) is 2.15. The Hall–Kier alpha value is -1.77. The van der Waals surface area contributed by atoms with Crippen molar-refractivity contribution < 1.29 is 18.0 Å². The van der Waals surface area contributed by atoms with Crippen molar-refractivity contribution in [3.05, 3.63) is 56.9 Å². The van der Waals surface area contributed by atoms with Gasteiger partial charge in [0.05, 0.1) is 9.26 Å². The predicted molar refractivity (Wildman–Crippen MR) is 87.8 cm³/mol. The molecule has 0 aliphatic carbocycles. The molecular formula is C15H12F3IN2O. The third-order valence-corrected chi connectivity index (χ3v) is 3.96. The lowest BCUT2D eigenvalue weighted by molar-refractivity contribution is 0.102. The van der Waals surface area contributed by atoms with Gasteiger partial charge in [0.2, 0.25) is 0 Å². The van der Waals surface area contributed by atoms with Gasteiger partial charge in [0.15, 0.2) is 0 Å². The first-order valence-electron chi connectivity index (χ1n) is 6.22. The molecule has 0 unspecified atom stereocenters. The Morgan fingerprint density at radius 1 is 1.05 bits per heavy atom. The zero-order chi connectivity index (χ0) is 16.4. The maximum atomic E-state index is 13.8. The van der Waals surface area contributed by atoms with E-state index in [-0.39, 0.29) is 14.8 Å². The van der Waals surface area contributed by atoms with Crippen LogP contribution in [0.5, 0.6) is 0 Å². The van der Waals surface area contributed by atoms with Crippen LogP contribution >= 0.6 is 22.6 Å². The summed E-state index contributed by atoms with van der Waals surface area (Å²) in [6.07, 6.45) is 0. The molecule has 22 heavy (non-hydrogen) atoms. The van der Waals surface area contributed by atoms with Crippen LogP contribution in [0.25, 0.3) is 0 Å². The number of nitrogens with zero attached hydrogens (tertiary/aromatic N) is 1. The molecule has 7 heteroatoms. The van der Waals surface area contributed by atoms with Gasteiger partial charge in [-0.2, -0.15) is 0 Å². The van der Waals surface area contributed by atoms with Crippen LogP contribution in [-0.2, 0) is 0 Å². The van der Waals surface area contributed by atoms with E-state index in [1.807, 2.05) is 0 Å². The highest BCUT2D eigenvalue weighted by Gasteiger charge is 2.13. The van der Waals surface area contributed by atoms with Gasteiger partial charge < -0.3 is 10.2 Å². The van der Waals surface area contributed by atoms with Gasteiger partial charge in [0.25, 0.3) is 5.91 Å². The number of carbonyl (C=O) groups is 1. The van der Waals surface area contributed by atoms with Crippen molar-refractivity contribution >= 4 is 39.9 Å². The average Bonchev–Trinajstić information content (AvgIpc) is 2.44. The molecule has 3 nitrogen and oxygen atoms in total. The molecule has 0 spiro atoms. The fourth-order valence-electron chi connectivity index (χ4n) is 1.84. The molecule has 2 aromatic rings. The molecule has 2 rings (SSSR count). The van der Waals surface area contributed by atoms with E-state index in [0.29, 0.717) is 5.69 Å². The molecule has 2 aromatic carbocycles. The molecule has 0 atom stereocenters. The zero-order valence-electron chi connectivity index (χ0n) is 11.8. The number of carbonyl (C=O) groups excluding carboxylic acids is 1. The van der Waals surface area contributed by atoms with Gasteiger partial charge in [-0.05, 0) is 52.9 Å². The molecule has 1 N–H and O–H groups in total. The summed E-state index contributed by atoms with van der Waals surface area (Å²) in [5.74, 6) is -2.75. The first kappa shape index (κ1) is 16.6. The van der Waals surface area contributed by atoms with Crippen LogP contribution in [0.4, 0.5) is 24.5 Å². The smallest absolute Gasteiger partial charge is 0.255 e. The molecular weight excluding hydrogens is 408 g/mol. The van der Waals surface area contributed by atoms with Gasteiger partial charge in [-0.25, -0.2) is 13.2 Å². The molecule has 0 fully saturated rings. The van der Waals surface area contributed by atoms with Crippen LogP contribution in [0.2, 0.25) is 0 Å². The molecule has 0 aliphatic heterocycles. The van der Waals surface area contributed by atoms with Crippen molar-refractivity contribution in [2.45, 2.75) is 0 Å². The topological polar surface area (TPSA) is 32.3 Å². The van der Waals surface area contributed by atoms with Crippen LogP contribution in [0.3, 0.4) is 0 Å². The fraction of sp³-hybridized carbons (Fsp3) is 0.133. The summed E-state index contributed by atoms with van der Waals surface area (Å²) in [5.41, 5.74) is 0.364. The van der Waals surface area contributed by atoms with E-state index in [0.717, 1.165) is 18.2 Å². The lowest BCUT2D eigenvalue weighted by atomic mass is 10.1. The number of rotatable bonds is 3. The number of amides is 1. The second kappa shape index (κ2) is 6.55. The Balaban J connectivity index is 2.24. The van der Waals surface area contributed by atoms with Gasteiger partial charge >= 0.3 is 0 Å². The second-order valence-electron chi connectivity index (χ2n) is 4.77. The Morgan fingerprint density at radius 2 is 1.64 bits per heavy atom. The number of benzene rings is 2. The summed E-state index contributed by atoms with van der Waals surface area (Å²) >= 11 is 1.53. The van der Waals surface area contributed by atoms with Crippen LogP contribution < -0.4 is 10.2 Å². The monoisotopic (exact) mass is 420 g/mol. The summed E-state index contributed by atoms with van der Waals surface area (Å²) in [4.78, 5) is 13.6. The van der Waals surface area contributed by atoms with E-state index in [2.05, 4.69) is 5.32 Å². The first-order chi connectivity index (χ1) is 10.3. The van der Waals surface area contributed by atoms with Crippen LogP contribution in [-0.4, -0.2) is 20.0 Å². The van der Waals surface area contributed by atoms with Crippen molar-refractivity contribution in [2.75, 3.05) is 24.3 Å². The van der Waals surface area contributed by atoms with Crippen molar-refractivity contribution in [3.8, 4) is 0 Å². The lowest BCUT2D eigenvalue weighted by Crippen LogP contribution is -2.15. The van der Waals surface area contributed by atoms with Gasteiger partial charge in [-0.3, -0.25) is 4.79 Å².